The van der Waals surface area contributed by atoms with Crippen molar-refractivity contribution < 1.29 is 29.3 Å². The van der Waals surface area contributed by atoms with Gasteiger partial charge in [0, 0.05) is 18.1 Å². The third-order valence-corrected chi connectivity index (χ3v) is 3.29. The fraction of sp³-hybridized carbons (Fsp3) is 0.846. The zero-order valence-corrected chi connectivity index (χ0v) is 13.7. The number of rotatable bonds is 9. The molecule has 8 heteroatoms. The molecule has 0 aliphatic carbocycles. The number of thioether (sulfide) groups is 1. The molecule has 0 aromatic heterocycles. The van der Waals surface area contributed by atoms with Crippen LogP contribution in [0.5, 0.6) is 0 Å². The molecule has 0 fully saturated rings. The standard InChI is InChI=1S/C13H25NO6S/c1-5-19-6-9(15)7-21-8-10(11(16)17)14-12(18)20-13(2,3)4/h9-10,15H,5-8H2,1-4H3,(H,14,18)(H,16,17). The Morgan fingerprint density at radius 2 is 1.90 bits per heavy atom. The molecule has 21 heavy (non-hydrogen) atoms. The molecular weight excluding hydrogens is 298 g/mol. The number of ether oxygens (including phenoxy) is 2. The Kier molecular flexibility index (Phi) is 9.39. The van der Waals surface area contributed by atoms with Crippen molar-refractivity contribution in [2.75, 3.05) is 24.7 Å². The topological polar surface area (TPSA) is 105 Å². The van der Waals surface area contributed by atoms with Gasteiger partial charge in [0.2, 0.25) is 0 Å². The van der Waals surface area contributed by atoms with E-state index in [-0.39, 0.29) is 12.4 Å². The van der Waals surface area contributed by atoms with Crippen LogP contribution >= 0.6 is 11.8 Å². The molecule has 0 spiro atoms. The van der Waals surface area contributed by atoms with Crippen LogP contribution in [0.3, 0.4) is 0 Å². The number of hydrogen-bond donors (Lipinski definition) is 3. The molecule has 0 aliphatic heterocycles. The monoisotopic (exact) mass is 323 g/mol. The maximum atomic E-state index is 11.5. The molecule has 0 bridgehead atoms. The van der Waals surface area contributed by atoms with E-state index in [4.69, 9.17) is 14.6 Å². The average molecular weight is 323 g/mol. The number of carboxylic acid groups (broad SMARTS) is 1. The Labute approximate surface area is 129 Å². The van der Waals surface area contributed by atoms with E-state index in [1.807, 2.05) is 6.92 Å². The SMILES string of the molecule is CCOCC(O)CSCC(NC(=O)OC(C)(C)C)C(=O)O. The number of hydrogen-bond acceptors (Lipinski definition) is 6. The van der Waals surface area contributed by atoms with Gasteiger partial charge in [0.05, 0.1) is 12.7 Å². The van der Waals surface area contributed by atoms with Crippen molar-refractivity contribution in [1.82, 2.24) is 5.32 Å². The zero-order valence-electron chi connectivity index (χ0n) is 12.9. The quantitative estimate of drug-likeness (QED) is 0.583. The minimum absolute atomic E-state index is 0.137. The lowest BCUT2D eigenvalue weighted by Crippen LogP contribution is -2.45. The van der Waals surface area contributed by atoms with E-state index in [0.29, 0.717) is 12.4 Å². The third-order valence-electron chi connectivity index (χ3n) is 2.10. The lowest BCUT2D eigenvalue weighted by molar-refractivity contribution is -0.138. The Hall–Kier alpha value is -0.990. The highest BCUT2D eigenvalue weighted by Crippen LogP contribution is 2.09. The van der Waals surface area contributed by atoms with E-state index in [0.717, 1.165) is 0 Å². The van der Waals surface area contributed by atoms with Gasteiger partial charge in [0.15, 0.2) is 0 Å². The fourth-order valence-corrected chi connectivity index (χ4v) is 2.21. The van der Waals surface area contributed by atoms with Crippen LogP contribution in [-0.2, 0) is 14.3 Å². The predicted molar refractivity (Wildman–Crippen MR) is 80.6 cm³/mol. The highest BCUT2D eigenvalue weighted by Gasteiger charge is 2.24. The molecule has 0 aromatic rings. The first-order chi connectivity index (χ1) is 9.65. The van der Waals surface area contributed by atoms with E-state index < -0.39 is 29.8 Å². The first kappa shape index (κ1) is 20.0. The van der Waals surface area contributed by atoms with E-state index in [1.165, 1.54) is 11.8 Å². The van der Waals surface area contributed by atoms with Crippen LogP contribution < -0.4 is 5.32 Å². The minimum atomic E-state index is -1.15. The van der Waals surface area contributed by atoms with Crippen LogP contribution in [0.25, 0.3) is 0 Å². The Morgan fingerprint density at radius 3 is 2.38 bits per heavy atom. The largest absolute Gasteiger partial charge is 0.480 e. The third kappa shape index (κ3) is 11.4. The van der Waals surface area contributed by atoms with E-state index in [2.05, 4.69) is 5.32 Å². The van der Waals surface area contributed by atoms with E-state index in [1.54, 1.807) is 20.8 Å². The number of aliphatic hydroxyl groups is 1. The van der Waals surface area contributed by atoms with Crippen LogP contribution in [0, 0.1) is 0 Å². The summed E-state index contributed by atoms with van der Waals surface area (Å²) in [6, 6.07) is -1.07. The maximum absolute atomic E-state index is 11.5. The van der Waals surface area contributed by atoms with Gasteiger partial charge in [-0.2, -0.15) is 11.8 Å². The number of amides is 1. The van der Waals surface area contributed by atoms with Gasteiger partial charge < -0.3 is 25.0 Å². The normalized spacial score (nSPS) is 14.3. The molecule has 0 aliphatic rings. The van der Waals surface area contributed by atoms with Crippen molar-refractivity contribution in [2.45, 2.75) is 45.4 Å². The predicted octanol–water partition coefficient (Wildman–Crippen LogP) is 1.09. The number of alkyl carbamates (subject to hydrolysis) is 1. The van der Waals surface area contributed by atoms with Gasteiger partial charge in [-0.15, -0.1) is 0 Å². The van der Waals surface area contributed by atoms with Gasteiger partial charge in [-0.3, -0.25) is 0 Å². The lowest BCUT2D eigenvalue weighted by atomic mass is 10.2. The fourth-order valence-electron chi connectivity index (χ4n) is 1.25. The number of carbonyl (C=O) groups excluding carboxylic acids is 1. The van der Waals surface area contributed by atoms with Crippen molar-refractivity contribution in [2.24, 2.45) is 0 Å². The summed E-state index contributed by atoms with van der Waals surface area (Å²) in [4.78, 5) is 22.6. The number of carbonyl (C=O) groups is 2. The Morgan fingerprint density at radius 1 is 1.29 bits per heavy atom. The molecule has 3 N–H and O–H groups in total. The van der Waals surface area contributed by atoms with Crippen LogP contribution in [0.2, 0.25) is 0 Å². The molecule has 7 nitrogen and oxygen atoms in total. The molecule has 2 unspecified atom stereocenters. The first-order valence-electron chi connectivity index (χ1n) is 6.71. The molecule has 2 atom stereocenters. The summed E-state index contributed by atoms with van der Waals surface area (Å²) in [6.07, 6.45) is -1.43. The van der Waals surface area contributed by atoms with E-state index >= 15 is 0 Å². The Balaban J connectivity index is 4.14. The number of carboxylic acids is 1. The zero-order chi connectivity index (χ0) is 16.5. The Bertz CT molecular complexity index is 331. The molecule has 0 rings (SSSR count). The molecule has 0 heterocycles. The lowest BCUT2D eigenvalue weighted by Gasteiger charge is -2.22. The molecule has 1 amide bonds. The number of aliphatic carboxylic acids is 1. The second-order valence-electron chi connectivity index (χ2n) is 5.39. The molecular formula is C13H25NO6S. The van der Waals surface area contributed by atoms with Crippen molar-refractivity contribution in [3.63, 3.8) is 0 Å². The van der Waals surface area contributed by atoms with E-state index in [9.17, 15) is 14.7 Å². The summed E-state index contributed by atoms with van der Waals surface area (Å²) >= 11 is 1.23. The van der Waals surface area contributed by atoms with Gasteiger partial charge in [-0.1, -0.05) is 0 Å². The average Bonchev–Trinajstić information content (AvgIpc) is 2.32. The van der Waals surface area contributed by atoms with Gasteiger partial charge in [0.25, 0.3) is 0 Å². The van der Waals surface area contributed by atoms with Crippen LogP contribution in [-0.4, -0.2) is 64.7 Å². The summed E-state index contributed by atoms with van der Waals surface area (Å²) in [5.41, 5.74) is -0.687. The summed E-state index contributed by atoms with van der Waals surface area (Å²) < 4.78 is 10.1. The smallest absolute Gasteiger partial charge is 0.408 e. The van der Waals surface area contributed by atoms with Crippen molar-refractivity contribution in [3.8, 4) is 0 Å². The van der Waals surface area contributed by atoms with Crippen molar-refractivity contribution in [3.05, 3.63) is 0 Å². The molecule has 124 valence electrons. The summed E-state index contributed by atoms with van der Waals surface area (Å²) in [6.45, 7) is 7.63. The second-order valence-corrected chi connectivity index (χ2v) is 6.46. The number of nitrogens with one attached hydrogen (secondary N) is 1. The maximum Gasteiger partial charge on any atom is 0.408 e. The van der Waals surface area contributed by atoms with Crippen molar-refractivity contribution >= 4 is 23.8 Å². The summed E-state index contributed by atoms with van der Waals surface area (Å²) in [7, 11) is 0. The summed E-state index contributed by atoms with van der Waals surface area (Å²) in [5.74, 6) is -0.676. The minimum Gasteiger partial charge on any atom is -0.480 e. The second kappa shape index (κ2) is 9.86. The first-order valence-corrected chi connectivity index (χ1v) is 7.87. The highest BCUT2D eigenvalue weighted by atomic mass is 32.2. The highest BCUT2D eigenvalue weighted by molar-refractivity contribution is 7.99. The van der Waals surface area contributed by atoms with Crippen molar-refractivity contribution in [1.29, 1.82) is 0 Å². The van der Waals surface area contributed by atoms with Crippen LogP contribution in [0.1, 0.15) is 27.7 Å². The van der Waals surface area contributed by atoms with Gasteiger partial charge in [-0.25, -0.2) is 9.59 Å². The molecule has 0 aromatic carbocycles. The van der Waals surface area contributed by atoms with Crippen LogP contribution in [0.4, 0.5) is 4.79 Å². The molecule has 0 radical (unpaired) electrons. The van der Waals surface area contributed by atoms with Gasteiger partial charge in [-0.05, 0) is 27.7 Å². The van der Waals surface area contributed by atoms with Gasteiger partial charge >= 0.3 is 12.1 Å². The number of aliphatic hydroxyl groups excluding tert-OH is 1. The molecule has 0 saturated heterocycles. The summed E-state index contributed by atoms with van der Waals surface area (Å²) in [5, 5.41) is 20.9. The van der Waals surface area contributed by atoms with Gasteiger partial charge in [0.1, 0.15) is 11.6 Å². The molecule has 0 saturated carbocycles. The van der Waals surface area contributed by atoms with Crippen LogP contribution in [0.15, 0.2) is 0 Å².